The molecular formula is C18H14O10. The minimum absolute atomic E-state index is 0.0195. The van der Waals surface area contributed by atoms with Gasteiger partial charge in [-0.2, -0.15) is 0 Å². The van der Waals surface area contributed by atoms with Crippen LogP contribution in [0.25, 0.3) is 0 Å². The lowest BCUT2D eigenvalue weighted by Crippen LogP contribution is -2.15. The summed E-state index contributed by atoms with van der Waals surface area (Å²) in [4.78, 5) is 45.4. The fourth-order valence-electron chi connectivity index (χ4n) is 1.97. The summed E-state index contributed by atoms with van der Waals surface area (Å²) in [6, 6.07) is 1.87. The van der Waals surface area contributed by atoms with Crippen molar-refractivity contribution >= 4 is 11.9 Å². The maximum Gasteiger partial charge on any atom is 0.331 e. The van der Waals surface area contributed by atoms with Gasteiger partial charge in [-0.05, 0) is 0 Å². The zero-order valence-corrected chi connectivity index (χ0v) is 14.1. The molecule has 0 aliphatic rings. The highest BCUT2D eigenvalue weighted by molar-refractivity contribution is 5.83. The normalized spacial score (nSPS) is 12.3. The first-order chi connectivity index (χ1) is 13.3. The second-order valence-corrected chi connectivity index (χ2v) is 5.31. The van der Waals surface area contributed by atoms with Crippen molar-refractivity contribution in [3.8, 4) is 11.5 Å². The molecule has 0 bridgehead atoms. The average Bonchev–Trinajstić information content (AvgIpc) is 2.63. The molecule has 1 unspecified atom stereocenters. The van der Waals surface area contributed by atoms with E-state index in [1.165, 1.54) is 0 Å². The van der Waals surface area contributed by atoms with E-state index in [2.05, 4.69) is 0 Å². The second kappa shape index (κ2) is 9.03. The third-order valence-corrected chi connectivity index (χ3v) is 3.24. The topological polar surface area (TPSA) is 164 Å². The predicted octanol–water partition coefficient (Wildman–Crippen LogP) is 1.03. The molecule has 0 aliphatic carbocycles. The van der Waals surface area contributed by atoms with Crippen molar-refractivity contribution in [3.05, 3.63) is 80.9 Å². The minimum Gasteiger partial charge on any atom is -0.502 e. The molecule has 146 valence electrons. The number of hydrogen-bond acceptors (Lipinski definition) is 9. The minimum atomic E-state index is -1.22. The Morgan fingerprint density at radius 2 is 1.61 bits per heavy atom. The smallest absolute Gasteiger partial charge is 0.331 e. The molecule has 0 aromatic carbocycles. The molecule has 2 heterocycles. The van der Waals surface area contributed by atoms with Gasteiger partial charge in [0.1, 0.15) is 24.0 Å². The molecule has 10 heteroatoms. The maximum atomic E-state index is 11.9. The number of ether oxygens (including phenoxy) is 1. The van der Waals surface area contributed by atoms with Gasteiger partial charge in [-0.1, -0.05) is 12.2 Å². The molecule has 0 fully saturated rings. The number of allylic oxidation sites excluding steroid dienone is 2. The van der Waals surface area contributed by atoms with Crippen LogP contribution in [0.5, 0.6) is 11.5 Å². The second-order valence-electron chi connectivity index (χ2n) is 5.31. The van der Waals surface area contributed by atoms with Crippen LogP contribution in [0.15, 0.2) is 67.4 Å². The van der Waals surface area contributed by atoms with Crippen molar-refractivity contribution < 1.29 is 38.5 Å². The Bertz CT molecular complexity index is 1040. The predicted molar refractivity (Wildman–Crippen MR) is 91.7 cm³/mol. The van der Waals surface area contributed by atoms with E-state index in [9.17, 15) is 29.4 Å². The Hall–Kier alpha value is -4.08. The molecule has 2 aromatic rings. The first-order valence-electron chi connectivity index (χ1n) is 7.67. The third-order valence-electron chi connectivity index (χ3n) is 3.24. The Kier molecular flexibility index (Phi) is 6.53. The highest BCUT2D eigenvalue weighted by Gasteiger charge is 2.22. The Labute approximate surface area is 156 Å². The lowest BCUT2D eigenvalue weighted by molar-refractivity contribution is -0.144. The summed E-state index contributed by atoms with van der Waals surface area (Å²) in [5.41, 5.74) is -1.51. The largest absolute Gasteiger partial charge is 0.502 e. The fraction of sp³-hybridized carbons (Fsp3) is 0.111. The molecule has 0 saturated carbocycles. The molecule has 0 saturated heterocycles. The monoisotopic (exact) mass is 390 g/mol. The van der Waals surface area contributed by atoms with Gasteiger partial charge in [-0.25, -0.2) is 9.59 Å². The molecule has 0 radical (unpaired) electrons. The van der Waals surface area contributed by atoms with E-state index in [1.54, 1.807) is 0 Å². The van der Waals surface area contributed by atoms with Crippen molar-refractivity contribution in [2.45, 2.75) is 12.5 Å². The van der Waals surface area contributed by atoms with Crippen molar-refractivity contribution in [1.82, 2.24) is 0 Å². The molecule has 1 atom stereocenters. The van der Waals surface area contributed by atoms with E-state index in [1.807, 2.05) is 0 Å². The summed E-state index contributed by atoms with van der Waals surface area (Å²) < 4.78 is 15.3. The first kappa shape index (κ1) is 20.2. The van der Waals surface area contributed by atoms with Gasteiger partial charge in [0.25, 0.3) is 0 Å². The summed E-state index contributed by atoms with van der Waals surface area (Å²) in [6.07, 6.45) is 4.06. The molecule has 10 nitrogen and oxygen atoms in total. The number of hydrogen-bond donors (Lipinski definition) is 3. The third kappa shape index (κ3) is 5.73. The lowest BCUT2D eigenvalue weighted by Gasteiger charge is -2.15. The number of esters is 1. The number of rotatable bonds is 7. The summed E-state index contributed by atoms with van der Waals surface area (Å²) in [7, 11) is 0. The standard InChI is InChI=1S/C18H14O10/c19-11-5-10(26-8-13(11)21)6-16(15-7-12(20)14(22)9-27-15)28-18(25)4-2-1-3-17(23)24/h1-5,7-9,16,21-22H,6H2,(H,23,24). The first-order valence-corrected chi connectivity index (χ1v) is 7.67. The molecular weight excluding hydrogens is 376 g/mol. The molecule has 0 spiro atoms. The van der Waals surface area contributed by atoms with Gasteiger partial charge in [0.2, 0.25) is 10.9 Å². The van der Waals surface area contributed by atoms with Gasteiger partial charge in [0.05, 0.1) is 6.42 Å². The van der Waals surface area contributed by atoms with E-state index in [0.717, 1.165) is 49.0 Å². The number of carboxylic acids is 1. The molecule has 28 heavy (non-hydrogen) atoms. The van der Waals surface area contributed by atoms with Crippen LogP contribution in [0.3, 0.4) is 0 Å². The van der Waals surface area contributed by atoms with Gasteiger partial charge in [0.15, 0.2) is 17.6 Å². The van der Waals surface area contributed by atoms with Gasteiger partial charge in [-0.3, -0.25) is 9.59 Å². The summed E-state index contributed by atoms with van der Waals surface area (Å²) in [6.45, 7) is 0. The van der Waals surface area contributed by atoms with E-state index in [-0.39, 0.29) is 17.9 Å². The van der Waals surface area contributed by atoms with Crippen molar-refractivity contribution in [1.29, 1.82) is 0 Å². The Morgan fingerprint density at radius 1 is 1.00 bits per heavy atom. The summed E-state index contributed by atoms with van der Waals surface area (Å²) in [5, 5.41) is 27.0. The van der Waals surface area contributed by atoms with Crippen LogP contribution in [-0.4, -0.2) is 27.3 Å². The van der Waals surface area contributed by atoms with E-state index < -0.39 is 40.4 Å². The van der Waals surface area contributed by atoms with Crippen molar-refractivity contribution in [3.63, 3.8) is 0 Å². The number of carbonyl (C=O) groups excluding carboxylic acids is 1. The molecule has 2 rings (SSSR count). The molecule has 0 aliphatic heterocycles. The average molecular weight is 390 g/mol. The number of carboxylic acid groups (broad SMARTS) is 1. The van der Waals surface area contributed by atoms with E-state index in [0.29, 0.717) is 0 Å². The highest BCUT2D eigenvalue weighted by Crippen LogP contribution is 2.23. The van der Waals surface area contributed by atoms with Crippen LogP contribution >= 0.6 is 0 Å². The van der Waals surface area contributed by atoms with Crippen LogP contribution in [0.2, 0.25) is 0 Å². The van der Waals surface area contributed by atoms with Crippen molar-refractivity contribution in [2.75, 3.05) is 0 Å². The zero-order chi connectivity index (χ0) is 20.7. The Morgan fingerprint density at radius 3 is 2.21 bits per heavy atom. The summed E-state index contributed by atoms with van der Waals surface area (Å²) in [5.74, 6) is -3.49. The van der Waals surface area contributed by atoms with E-state index >= 15 is 0 Å². The lowest BCUT2D eigenvalue weighted by atomic mass is 10.1. The van der Waals surface area contributed by atoms with Crippen LogP contribution in [0.4, 0.5) is 0 Å². The SMILES string of the molecule is O=C(O)C=CC=CC(=O)OC(Cc1cc(=O)c(O)co1)c1cc(=O)c(O)co1. The van der Waals surface area contributed by atoms with Gasteiger partial charge >= 0.3 is 11.9 Å². The van der Waals surface area contributed by atoms with Crippen LogP contribution in [0, 0.1) is 0 Å². The highest BCUT2D eigenvalue weighted by atomic mass is 16.6. The molecule has 2 aromatic heterocycles. The number of aliphatic carboxylic acids is 1. The van der Waals surface area contributed by atoms with Gasteiger partial charge < -0.3 is 28.9 Å². The maximum absolute atomic E-state index is 11.9. The van der Waals surface area contributed by atoms with Crippen LogP contribution in [-0.2, 0) is 20.7 Å². The Balaban J connectivity index is 2.27. The van der Waals surface area contributed by atoms with Crippen LogP contribution < -0.4 is 10.9 Å². The summed E-state index contributed by atoms with van der Waals surface area (Å²) >= 11 is 0. The van der Waals surface area contributed by atoms with E-state index in [4.69, 9.17) is 18.7 Å². The van der Waals surface area contributed by atoms with Crippen molar-refractivity contribution in [2.24, 2.45) is 0 Å². The quantitative estimate of drug-likeness (QED) is 0.353. The number of carbonyl (C=O) groups is 2. The van der Waals surface area contributed by atoms with Gasteiger partial charge in [0, 0.05) is 24.3 Å². The van der Waals surface area contributed by atoms with Gasteiger partial charge in [-0.15, -0.1) is 0 Å². The van der Waals surface area contributed by atoms with Crippen LogP contribution in [0.1, 0.15) is 17.6 Å². The molecule has 0 amide bonds. The number of aromatic hydroxyl groups is 2. The molecule has 3 N–H and O–H groups in total. The zero-order valence-electron chi connectivity index (χ0n) is 14.1. The fourth-order valence-corrected chi connectivity index (χ4v) is 1.97.